The van der Waals surface area contributed by atoms with Crippen molar-refractivity contribution in [2.75, 3.05) is 9.80 Å². The van der Waals surface area contributed by atoms with E-state index in [9.17, 15) is 0 Å². The molecule has 0 unspecified atom stereocenters. The molecule has 17 rings (SSSR count). The van der Waals surface area contributed by atoms with Crippen LogP contribution in [-0.4, -0.2) is 6.71 Å². The minimum Gasteiger partial charge on any atom is -0.310 e. The maximum atomic E-state index is 2.67. The normalized spacial score (nSPS) is 15.5. The van der Waals surface area contributed by atoms with Crippen molar-refractivity contribution >= 4 is 78.5 Å². The number of hydrogen-bond donors (Lipinski definition) is 0. The van der Waals surface area contributed by atoms with Crippen LogP contribution in [0.3, 0.4) is 0 Å². The van der Waals surface area contributed by atoms with Crippen molar-refractivity contribution in [3.63, 3.8) is 0 Å². The summed E-state index contributed by atoms with van der Waals surface area (Å²) >= 11 is 4.16. The van der Waals surface area contributed by atoms with E-state index in [-0.39, 0.29) is 12.1 Å². The van der Waals surface area contributed by atoms with Gasteiger partial charge < -0.3 is 9.80 Å². The number of para-hydroxylation sites is 1. The first-order valence-corrected chi connectivity index (χ1v) is 27.3. The molecule has 11 aromatic rings. The van der Waals surface area contributed by atoms with Gasteiger partial charge in [0.1, 0.15) is 0 Å². The van der Waals surface area contributed by atoms with E-state index >= 15 is 0 Å². The van der Waals surface area contributed by atoms with Crippen LogP contribution in [0, 0.1) is 0 Å². The Morgan fingerprint density at radius 3 is 1.10 bits per heavy atom. The van der Waals surface area contributed by atoms with Gasteiger partial charge in [-0.1, -0.05) is 203 Å². The van der Waals surface area contributed by atoms with Crippen molar-refractivity contribution in [2.24, 2.45) is 0 Å². The minimum absolute atomic E-state index is 0.0171. The molecule has 0 saturated heterocycles. The lowest BCUT2D eigenvalue weighted by molar-refractivity contribution is 0.590. The summed E-state index contributed by atoms with van der Waals surface area (Å²) in [6.07, 6.45) is 0. The van der Waals surface area contributed by atoms with Crippen LogP contribution in [0.25, 0.3) is 44.5 Å². The highest BCUT2D eigenvalue weighted by Gasteiger charge is 2.60. The smallest absolute Gasteiger partial charge is 0.277 e. The Bertz CT molecular complexity index is 4140. The first-order valence-electron chi connectivity index (χ1n) is 25.7. The lowest BCUT2D eigenvalue weighted by atomic mass is 9.39. The number of rotatable bonds is 2. The second kappa shape index (κ2) is 14.0. The van der Waals surface area contributed by atoms with Crippen molar-refractivity contribution in [3.8, 4) is 44.5 Å². The van der Waals surface area contributed by atoms with Gasteiger partial charge in [-0.25, -0.2) is 0 Å². The van der Waals surface area contributed by atoms with Gasteiger partial charge in [-0.3, -0.25) is 0 Å². The molecule has 2 aromatic heterocycles. The van der Waals surface area contributed by atoms with Crippen molar-refractivity contribution in [1.82, 2.24) is 0 Å². The predicted octanol–water partition coefficient (Wildman–Crippen LogP) is 15.9. The van der Waals surface area contributed by atoms with Crippen molar-refractivity contribution in [2.45, 2.75) is 37.0 Å². The third-order valence-electron chi connectivity index (χ3n) is 17.4. The van der Waals surface area contributed by atoms with Crippen LogP contribution >= 0.6 is 22.7 Å². The van der Waals surface area contributed by atoms with Gasteiger partial charge in [0.25, 0.3) is 6.71 Å². The summed E-state index contributed by atoms with van der Waals surface area (Å²) in [5.41, 5.74) is 28.3. The number of fused-ring (bicyclic) bond motifs is 26. The van der Waals surface area contributed by atoms with Crippen LogP contribution in [0.5, 0.6) is 0 Å². The summed E-state index contributed by atoms with van der Waals surface area (Å²) in [5.74, 6) is 0. The highest BCUT2D eigenvalue weighted by atomic mass is 32.1. The molecule has 2 aliphatic heterocycles. The number of thiophene rings is 2. The zero-order valence-electron chi connectivity index (χ0n) is 40.6. The standard InChI is InChI=1S/C68H45BN2S2/c1-66(2,3)40-36-38-42(39-37-40)71-56-35-19-34-55-59(56)69(65-61(71)58-48-27-12-18-33-54(48)68(63(58)73-65)51-30-15-9-24-45(51)46-25-10-16-31-52(46)68)64-60(70(55)41-20-5-4-6-21-41)57-47-26-11-17-32-53(47)67(62(57)72-64)49-28-13-7-22-43(49)44-23-8-14-29-50(44)67/h4-39H,1-3H3. The molecule has 2 spiro atoms. The Morgan fingerprint density at radius 1 is 0.356 bits per heavy atom. The molecule has 0 bridgehead atoms. The van der Waals surface area contributed by atoms with E-state index < -0.39 is 10.8 Å². The predicted molar refractivity (Wildman–Crippen MR) is 308 cm³/mol. The fourth-order valence-corrected chi connectivity index (χ4v) is 18.0. The summed E-state index contributed by atoms with van der Waals surface area (Å²) in [7, 11) is 0. The second-order valence-corrected chi connectivity index (χ2v) is 23.9. The van der Waals surface area contributed by atoms with Crippen LogP contribution < -0.4 is 24.8 Å². The molecule has 9 aromatic carbocycles. The molecule has 342 valence electrons. The Kier molecular flexibility index (Phi) is 7.77. The quantitative estimate of drug-likeness (QED) is 0.159. The van der Waals surface area contributed by atoms with E-state index in [2.05, 4.69) is 272 Å². The van der Waals surface area contributed by atoms with Gasteiger partial charge in [0.05, 0.1) is 22.2 Å². The molecule has 6 aliphatic rings. The van der Waals surface area contributed by atoms with Crippen molar-refractivity contribution in [3.05, 3.63) is 267 Å². The summed E-state index contributed by atoms with van der Waals surface area (Å²) in [5, 5.41) is 0. The van der Waals surface area contributed by atoms with Gasteiger partial charge in [0.15, 0.2) is 0 Å². The van der Waals surface area contributed by atoms with Crippen LogP contribution in [0.4, 0.5) is 34.1 Å². The molecule has 2 nitrogen and oxygen atoms in total. The van der Waals surface area contributed by atoms with Gasteiger partial charge in [0.2, 0.25) is 0 Å². The first kappa shape index (κ1) is 40.6. The Labute approximate surface area is 434 Å². The van der Waals surface area contributed by atoms with Crippen molar-refractivity contribution in [1.29, 1.82) is 0 Å². The Hall–Kier alpha value is -7.96. The fourth-order valence-electron chi connectivity index (χ4n) is 14.7. The zero-order chi connectivity index (χ0) is 48.1. The maximum absolute atomic E-state index is 2.67. The van der Waals surface area contributed by atoms with Crippen molar-refractivity contribution < 1.29 is 0 Å². The van der Waals surface area contributed by atoms with Crippen LogP contribution in [0.1, 0.15) is 69.5 Å². The molecule has 5 heteroatoms. The number of nitrogens with zero attached hydrogens (tertiary/aromatic N) is 2. The molecular weight excluding hydrogens is 920 g/mol. The third kappa shape index (κ3) is 4.74. The highest BCUT2D eigenvalue weighted by Crippen LogP contribution is 2.69. The van der Waals surface area contributed by atoms with Gasteiger partial charge in [0, 0.05) is 53.2 Å². The summed E-state index contributed by atoms with van der Waals surface area (Å²) in [6.45, 7) is 6.92. The molecule has 0 atom stereocenters. The van der Waals surface area contributed by atoms with Gasteiger partial charge >= 0.3 is 0 Å². The Morgan fingerprint density at radius 2 is 0.699 bits per heavy atom. The van der Waals surface area contributed by atoms with E-state index in [4.69, 9.17) is 0 Å². The third-order valence-corrected chi connectivity index (χ3v) is 20.1. The minimum atomic E-state index is -0.469. The summed E-state index contributed by atoms with van der Waals surface area (Å²) < 4.78 is 2.84. The lowest BCUT2D eigenvalue weighted by Crippen LogP contribution is -2.59. The molecular formula is C68H45BN2S2. The number of anilines is 6. The van der Waals surface area contributed by atoms with E-state index in [1.807, 2.05) is 0 Å². The van der Waals surface area contributed by atoms with Crippen LogP contribution in [0.15, 0.2) is 218 Å². The van der Waals surface area contributed by atoms with E-state index in [0.29, 0.717) is 0 Å². The lowest BCUT2D eigenvalue weighted by Gasteiger charge is -2.42. The molecule has 0 radical (unpaired) electrons. The average Bonchev–Trinajstić information content (AvgIpc) is 4.27. The summed E-state index contributed by atoms with van der Waals surface area (Å²) in [4.78, 5) is 8.18. The molecule has 4 heterocycles. The maximum Gasteiger partial charge on any atom is 0.277 e. The van der Waals surface area contributed by atoms with Gasteiger partial charge in [-0.05, 0) is 120 Å². The summed E-state index contributed by atoms with van der Waals surface area (Å²) in [6, 6.07) is 83.7. The zero-order valence-corrected chi connectivity index (χ0v) is 42.2. The Balaban J connectivity index is 1.03. The molecule has 0 amide bonds. The topological polar surface area (TPSA) is 6.48 Å². The van der Waals surface area contributed by atoms with Crippen LogP contribution in [-0.2, 0) is 16.2 Å². The number of benzene rings is 9. The van der Waals surface area contributed by atoms with E-state index in [0.717, 1.165) is 0 Å². The van der Waals surface area contributed by atoms with Crippen LogP contribution in [0.2, 0.25) is 0 Å². The molecule has 4 aliphatic carbocycles. The van der Waals surface area contributed by atoms with E-state index in [1.165, 1.54) is 142 Å². The first-order chi connectivity index (χ1) is 35.9. The SMILES string of the molecule is CC(C)(C)c1ccc(N2c3cccc4c3B(c3sc5c(c3N4c3ccccc3)-c3ccccc3C53c4ccccc4-c4ccccc43)c3sc4c(c32)-c2ccccc2C42c3ccccc3-c3ccccc32)cc1. The molecule has 0 fully saturated rings. The fraction of sp³-hybridized carbons (Fsp3) is 0.0882. The highest BCUT2D eigenvalue weighted by molar-refractivity contribution is 7.37. The molecule has 0 N–H and O–H groups in total. The monoisotopic (exact) mass is 964 g/mol. The number of hydrogen-bond acceptors (Lipinski definition) is 4. The molecule has 0 saturated carbocycles. The van der Waals surface area contributed by atoms with Gasteiger partial charge in [-0.15, -0.1) is 22.7 Å². The molecule has 73 heavy (non-hydrogen) atoms. The average molecular weight is 965 g/mol. The van der Waals surface area contributed by atoms with Gasteiger partial charge in [-0.2, -0.15) is 0 Å². The largest absolute Gasteiger partial charge is 0.310 e. The second-order valence-electron chi connectivity index (χ2n) is 21.8. The van der Waals surface area contributed by atoms with E-state index in [1.54, 1.807) is 0 Å².